The fourth-order valence-electron chi connectivity index (χ4n) is 1.68. The molecule has 2 atom stereocenters. The van der Waals surface area contributed by atoms with Crippen LogP contribution in [-0.2, 0) is 9.47 Å². The number of carbonyl (C=O) groups excluding carboxylic acids is 1. The highest BCUT2D eigenvalue weighted by Crippen LogP contribution is 2.19. The van der Waals surface area contributed by atoms with Gasteiger partial charge in [0.2, 0.25) is 0 Å². The van der Waals surface area contributed by atoms with E-state index in [1.165, 1.54) is 0 Å². The fourth-order valence-corrected chi connectivity index (χ4v) is 1.68. The molecule has 1 rings (SSSR count). The highest BCUT2D eigenvalue weighted by molar-refractivity contribution is 5.74. The minimum atomic E-state index is -0.0144. The van der Waals surface area contributed by atoms with Crippen LogP contribution in [0.1, 0.15) is 27.7 Å². The average Bonchev–Trinajstić information content (AvgIpc) is 2.28. The van der Waals surface area contributed by atoms with Crippen molar-refractivity contribution in [1.82, 2.24) is 10.2 Å². The van der Waals surface area contributed by atoms with E-state index in [9.17, 15) is 4.79 Å². The molecule has 0 radical (unpaired) electrons. The lowest BCUT2D eigenvalue weighted by molar-refractivity contribution is -0.0498. The Hall–Kier alpha value is -0.810. The second-order valence-electron chi connectivity index (χ2n) is 5.93. The third-order valence-electron chi connectivity index (χ3n) is 3.42. The van der Waals surface area contributed by atoms with Crippen LogP contribution >= 0.6 is 0 Å². The summed E-state index contributed by atoms with van der Waals surface area (Å²) in [5.41, 5.74) is 0.0634. The van der Waals surface area contributed by atoms with E-state index in [0.717, 1.165) is 0 Å². The van der Waals surface area contributed by atoms with Gasteiger partial charge in [-0.25, -0.2) is 4.79 Å². The molecule has 2 amide bonds. The summed E-state index contributed by atoms with van der Waals surface area (Å²) in [5.74, 6) is 0. The number of hydrogen-bond donors (Lipinski definition) is 1. The zero-order chi connectivity index (χ0) is 13.8. The molecule has 0 bridgehead atoms. The maximum Gasteiger partial charge on any atom is 0.317 e. The molecule has 1 fully saturated rings. The van der Waals surface area contributed by atoms with E-state index in [1.807, 2.05) is 6.92 Å². The predicted molar refractivity (Wildman–Crippen MR) is 70.6 cm³/mol. The van der Waals surface area contributed by atoms with Gasteiger partial charge >= 0.3 is 6.03 Å². The molecular weight excluding hydrogens is 232 g/mol. The molecular formula is C13H26N2O3. The molecule has 0 unspecified atom stereocenters. The quantitative estimate of drug-likeness (QED) is 0.834. The van der Waals surface area contributed by atoms with Crippen molar-refractivity contribution >= 4 is 6.03 Å². The van der Waals surface area contributed by atoms with Crippen molar-refractivity contribution in [3.63, 3.8) is 0 Å². The number of carbonyl (C=O) groups is 1. The Balaban J connectivity index is 2.46. The molecule has 5 heteroatoms. The van der Waals surface area contributed by atoms with Crippen molar-refractivity contribution in [1.29, 1.82) is 0 Å². The Bertz CT molecular complexity index is 274. The molecule has 18 heavy (non-hydrogen) atoms. The van der Waals surface area contributed by atoms with E-state index >= 15 is 0 Å². The zero-order valence-electron chi connectivity index (χ0n) is 12.2. The number of amides is 2. The summed E-state index contributed by atoms with van der Waals surface area (Å²) in [6, 6.07) is 0.121. The van der Waals surface area contributed by atoms with E-state index in [0.29, 0.717) is 26.3 Å². The minimum Gasteiger partial charge on any atom is -0.382 e. The van der Waals surface area contributed by atoms with Crippen LogP contribution in [0.4, 0.5) is 4.79 Å². The number of rotatable bonds is 3. The SMILES string of the molecule is COC[C@@H]1CN(C(=O)N[C@H](C)C(C)(C)C)CCO1. The third kappa shape index (κ3) is 4.46. The number of urea groups is 1. The number of nitrogens with zero attached hydrogens (tertiary/aromatic N) is 1. The summed E-state index contributed by atoms with van der Waals surface area (Å²) in [6.07, 6.45) is -0.0144. The zero-order valence-corrected chi connectivity index (χ0v) is 12.2. The molecule has 0 aromatic carbocycles. The van der Waals surface area contributed by atoms with E-state index in [-0.39, 0.29) is 23.6 Å². The number of nitrogens with one attached hydrogen (secondary N) is 1. The van der Waals surface area contributed by atoms with Crippen molar-refractivity contribution in [2.45, 2.75) is 39.8 Å². The summed E-state index contributed by atoms with van der Waals surface area (Å²) in [5, 5.41) is 3.04. The maximum atomic E-state index is 12.1. The Labute approximate surface area is 110 Å². The van der Waals surface area contributed by atoms with Crippen LogP contribution in [0, 0.1) is 5.41 Å². The Morgan fingerprint density at radius 1 is 1.56 bits per heavy atom. The lowest BCUT2D eigenvalue weighted by Crippen LogP contribution is -2.54. The summed E-state index contributed by atoms with van der Waals surface area (Å²) < 4.78 is 10.6. The van der Waals surface area contributed by atoms with Gasteiger partial charge in [0, 0.05) is 19.7 Å². The lowest BCUT2D eigenvalue weighted by atomic mass is 9.88. The van der Waals surface area contributed by atoms with Crippen LogP contribution in [0.5, 0.6) is 0 Å². The molecule has 1 heterocycles. The molecule has 5 nitrogen and oxygen atoms in total. The van der Waals surface area contributed by atoms with Gasteiger partial charge < -0.3 is 19.7 Å². The highest BCUT2D eigenvalue weighted by atomic mass is 16.5. The van der Waals surface area contributed by atoms with Crippen molar-refractivity contribution in [3.05, 3.63) is 0 Å². The van der Waals surface area contributed by atoms with Crippen LogP contribution in [0.3, 0.4) is 0 Å². The third-order valence-corrected chi connectivity index (χ3v) is 3.42. The van der Waals surface area contributed by atoms with E-state index in [4.69, 9.17) is 9.47 Å². The van der Waals surface area contributed by atoms with E-state index in [2.05, 4.69) is 26.1 Å². The maximum absolute atomic E-state index is 12.1. The molecule has 0 aromatic rings. The van der Waals surface area contributed by atoms with Gasteiger partial charge in [-0.3, -0.25) is 0 Å². The molecule has 1 saturated heterocycles. The molecule has 0 saturated carbocycles. The Morgan fingerprint density at radius 3 is 2.78 bits per heavy atom. The average molecular weight is 258 g/mol. The first kappa shape index (κ1) is 15.2. The Kier molecular flexibility index (Phi) is 5.41. The van der Waals surface area contributed by atoms with E-state index < -0.39 is 0 Å². The molecule has 106 valence electrons. The number of ether oxygens (including phenoxy) is 2. The van der Waals surface area contributed by atoms with Crippen LogP contribution < -0.4 is 5.32 Å². The molecule has 1 aliphatic heterocycles. The summed E-state index contributed by atoms with van der Waals surface area (Å²) in [4.78, 5) is 13.9. The molecule has 0 spiro atoms. The van der Waals surface area contributed by atoms with Gasteiger partial charge in [0.25, 0.3) is 0 Å². The topological polar surface area (TPSA) is 50.8 Å². The first-order valence-corrected chi connectivity index (χ1v) is 6.50. The predicted octanol–water partition coefficient (Wildman–Crippen LogP) is 1.48. The summed E-state index contributed by atoms with van der Waals surface area (Å²) in [6.45, 7) is 10.7. The summed E-state index contributed by atoms with van der Waals surface area (Å²) >= 11 is 0. The van der Waals surface area contributed by atoms with Crippen LogP contribution in [0.15, 0.2) is 0 Å². The van der Waals surface area contributed by atoms with Crippen molar-refractivity contribution in [2.24, 2.45) is 5.41 Å². The smallest absolute Gasteiger partial charge is 0.317 e. The largest absolute Gasteiger partial charge is 0.382 e. The second kappa shape index (κ2) is 6.38. The second-order valence-corrected chi connectivity index (χ2v) is 5.93. The molecule has 0 aromatic heterocycles. The first-order valence-electron chi connectivity index (χ1n) is 6.50. The van der Waals surface area contributed by atoms with Crippen LogP contribution in [-0.4, -0.2) is 56.5 Å². The van der Waals surface area contributed by atoms with Gasteiger partial charge in [-0.2, -0.15) is 0 Å². The monoisotopic (exact) mass is 258 g/mol. The van der Waals surface area contributed by atoms with Gasteiger partial charge in [0.05, 0.1) is 25.9 Å². The molecule has 1 aliphatic rings. The lowest BCUT2D eigenvalue weighted by Gasteiger charge is -2.35. The first-order chi connectivity index (χ1) is 8.34. The normalized spacial score (nSPS) is 22.7. The van der Waals surface area contributed by atoms with Crippen LogP contribution in [0.25, 0.3) is 0 Å². The van der Waals surface area contributed by atoms with Gasteiger partial charge in [-0.05, 0) is 12.3 Å². The van der Waals surface area contributed by atoms with E-state index in [1.54, 1.807) is 12.0 Å². The van der Waals surface area contributed by atoms with Crippen molar-refractivity contribution < 1.29 is 14.3 Å². The number of morpholine rings is 1. The van der Waals surface area contributed by atoms with Crippen LogP contribution in [0.2, 0.25) is 0 Å². The Morgan fingerprint density at radius 2 is 2.22 bits per heavy atom. The standard InChI is InChI=1S/C13H26N2O3/c1-10(13(2,3)4)14-12(16)15-6-7-18-11(8-15)9-17-5/h10-11H,6-9H2,1-5H3,(H,14,16)/t10-,11+/m1/s1. The molecule has 1 N–H and O–H groups in total. The number of methoxy groups -OCH3 is 1. The van der Waals surface area contributed by atoms with Crippen molar-refractivity contribution in [2.75, 3.05) is 33.4 Å². The minimum absolute atomic E-state index is 0.0122. The molecule has 0 aliphatic carbocycles. The highest BCUT2D eigenvalue weighted by Gasteiger charge is 2.27. The van der Waals surface area contributed by atoms with Gasteiger partial charge in [-0.15, -0.1) is 0 Å². The van der Waals surface area contributed by atoms with Gasteiger partial charge in [0.1, 0.15) is 0 Å². The van der Waals surface area contributed by atoms with Gasteiger partial charge in [-0.1, -0.05) is 20.8 Å². The fraction of sp³-hybridized carbons (Fsp3) is 0.923. The van der Waals surface area contributed by atoms with Crippen molar-refractivity contribution in [3.8, 4) is 0 Å². The van der Waals surface area contributed by atoms with Gasteiger partial charge in [0.15, 0.2) is 0 Å². The number of hydrogen-bond acceptors (Lipinski definition) is 3. The summed E-state index contributed by atoms with van der Waals surface area (Å²) in [7, 11) is 1.64.